The van der Waals surface area contributed by atoms with Crippen LogP contribution in [0.4, 0.5) is 0 Å². The Hall–Kier alpha value is -2.03. The molecule has 8 nitrogen and oxygen atoms in total. The van der Waals surface area contributed by atoms with Crippen molar-refractivity contribution < 1.29 is 23.9 Å². The minimum atomic E-state index is -1.28. The molecule has 5 atom stereocenters. The molecule has 1 unspecified atom stereocenters. The van der Waals surface area contributed by atoms with Gasteiger partial charge in [0.2, 0.25) is 5.54 Å². The minimum absolute atomic E-state index is 0.0696. The first kappa shape index (κ1) is 28.5. The van der Waals surface area contributed by atoms with Crippen molar-refractivity contribution in [3.05, 3.63) is 46.0 Å². The number of ether oxygens (including phenoxy) is 3. The van der Waals surface area contributed by atoms with Gasteiger partial charge in [0.15, 0.2) is 0 Å². The van der Waals surface area contributed by atoms with Crippen LogP contribution >= 0.6 is 0 Å². The fourth-order valence-corrected chi connectivity index (χ4v) is 6.11. The number of carbonyl (C=O) groups excluding carboxylic acids is 1. The molecule has 0 radical (unpaired) electrons. The first-order valence-corrected chi connectivity index (χ1v) is 13.4. The Balaban J connectivity index is 1.73. The van der Waals surface area contributed by atoms with Crippen molar-refractivity contribution in [1.29, 1.82) is 0 Å². The maximum absolute atomic E-state index is 13.2. The number of esters is 1. The summed E-state index contributed by atoms with van der Waals surface area (Å²) in [5, 5.41) is 12.6. The van der Waals surface area contributed by atoms with E-state index in [0.717, 1.165) is 24.8 Å². The van der Waals surface area contributed by atoms with Crippen molar-refractivity contribution in [2.75, 3.05) is 33.6 Å². The van der Waals surface area contributed by atoms with Crippen LogP contribution < -0.4 is 0 Å². The van der Waals surface area contributed by atoms with E-state index in [1.807, 2.05) is 30.3 Å². The molecule has 0 spiro atoms. The van der Waals surface area contributed by atoms with Crippen molar-refractivity contribution in [2.24, 2.45) is 23.7 Å². The summed E-state index contributed by atoms with van der Waals surface area (Å²) in [6, 6.07) is 10.00. The first-order chi connectivity index (χ1) is 17.2. The topological polar surface area (TPSA) is 91.1 Å². The van der Waals surface area contributed by atoms with E-state index < -0.39 is 11.5 Å². The van der Waals surface area contributed by atoms with Crippen LogP contribution in [0.2, 0.25) is 0 Å². The molecule has 1 saturated heterocycles. The normalized spacial score (nSPS) is 29.2. The quantitative estimate of drug-likeness (QED) is 0.131. The summed E-state index contributed by atoms with van der Waals surface area (Å²) in [5.74, 6) is 0.602. The number of nitro groups is 1. The smallest absolute Gasteiger partial charge is 0.306 e. The zero-order chi connectivity index (χ0) is 26.1. The standard InChI is InChI=1S/C28H44N2O6/c1-21(2)25-11-10-22(3)16-26(25)36-27(31)17-24-12-14-29(18-23-8-6-5-7-9-23)19-28(24,30(32)33)13-15-35-20-34-4/h5-9,21-22,24-26H,10-20H2,1-4H3/t22-,24-,25+,26-,28?/m1/s1. The Morgan fingerprint density at radius 3 is 2.64 bits per heavy atom. The second kappa shape index (κ2) is 13.5. The lowest BCUT2D eigenvalue weighted by molar-refractivity contribution is -0.587. The van der Waals surface area contributed by atoms with E-state index in [9.17, 15) is 14.9 Å². The van der Waals surface area contributed by atoms with E-state index in [0.29, 0.717) is 37.3 Å². The lowest BCUT2D eigenvalue weighted by Gasteiger charge is -2.42. The number of methoxy groups -OCH3 is 1. The van der Waals surface area contributed by atoms with Crippen LogP contribution in [0.25, 0.3) is 0 Å². The van der Waals surface area contributed by atoms with Crippen molar-refractivity contribution >= 4 is 5.97 Å². The van der Waals surface area contributed by atoms with E-state index in [2.05, 4.69) is 25.7 Å². The zero-order valence-corrected chi connectivity index (χ0v) is 22.4. The monoisotopic (exact) mass is 504 g/mol. The average molecular weight is 505 g/mol. The lowest BCUT2D eigenvalue weighted by Crippen LogP contribution is -2.59. The summed E-state index contributed by atoms with van der Waals surface area (Å²) < 4.78 is 16.5. The molecule has 0 bridgehead atoms. The summed E-state index contributed by atoms with van der Waals surface area (Å²) in [5.41, 5.74) is -0.161. The number of carbonyl (C=O) groups is 1. The van der Waals surface area contributed by atoms with Gasteiger partial charge in [-0.2, -0.15) is 0 Å². The molecule has 2 fully saturated rings. The summed E-state index contributed by atoms with van der Waals surface area (Å²) >= 11 is 0. The molecular formula is C28H44N2O6. The molecule has 2 aliphatic rings. The predicted molar refractivity (Wildman–Crippen MR) is 138 cm³/mol. The molecule has 0 aromatic heterocycles. The number of hydrogen-bond acceptors (Lipinski definition) is 7. The lowest BCUT2D eigenvalue weighted by atomic mass is 9.74. The van der Waals surface area contributed by atoms with Gasteiger partial charge in [-0.05, 0) is 49.1 Å². The van der Waals surface area contributed by atoms with Gasteiger partial charge >= 0.3 is 5.97 Å². The number of likely N-dealkylation sites (tertiary alicyclic amines) is 1. The molecule has 202 valence electrons. The molecule has 1 aliphatic carbocycles. The third-order valence-electron chi connectivity index (χ3n) is 8.20. The molecule has 36 heavy (non-hydrogen) atoms. The van der Waals surface area contributed by atoms with E-state index in [1.165, 1.54) is 7.11 Å². The highest BCUT2D eigenvalue weighted by molar-refractivity contribution is 5.70. The molecule has 1 aliphatic heterocycles. The van der Waals surface area contributed by atoms with Gasteiger partial charge in [0.1, 0.15) is 12.9 Å². The Morgan fingerprint density at radius 1 is 1.22 bits per heavy atom. The molecule has 1 heterocycles. The van der Waals surface area contributed by atoms with Crippen LogP contribution in [0.1, 0.15) is 64.9 Å². The SMILES string of the molecule is COCOCCC1([N+](=O)[O-])CN(Cc2ccccc2)CC[C@@H]1CC(=O)O[C@@H]1C[C@H](C)CC[C@H]1C(C)C. The highest BCUT2D eigenvalue weighted by Gasteiger charge is 2.54. The maximum Gasteiger partial charge on any atom is 0.306 e. The van der Waals surface area contributed by atoms with Gasteiger partial charge in [-0.1, -0.05) is 57.5 Å². The number of nitrogens with zero attached hydrogens (tertiary/aromatic N) is 2. The van der Waals surface area contributed by atoms with Crippen molar-refractivity contribution in [1.82, 2.24) is 4.90 Å². The highest BCUT2D eigenvalue weighted by atomic mass is 16.7. The number of hydrogen-bond donors (Lipinski definition) is 0. The molecule has 1 saturated carbocycles. The second-order valence-corrected chi connectivity index (χ2v) is 11.2. The van der Waals surface area contributed by atoms with Crippen molar-refractivity contribution in [2.45, 2.75) is 77.5 Å². The summed E-state index contributed by atoms with van der Waals surface area (Å²) in [4.78, 5) is 27.8. The van der Waals surface area contributed by atoms with Gasteiger partial charge in [-0.15, -0.1) is 0 Å². The van der Waals surface area contributed by atoms with Gasteiger partial charge in [-0.25, -0.2) is 0 Å². The van der Waals surface area contributed by atoms with Crippen LogP contribution in [-0.4, -0.2) is 61.0 Å². The van der Waals surface area contributed by atoms with Crippen LogP contribution in [-0.2, 0) is 25.5 Å². The molecule has 0 amide bonds. The number of rotatable bonds is 12. The fraction of sp³-hybridized carbons (Fsp3) is 0.750. The van der Waals surface area contributed by atoms with E-state index in [1.54, 1.807) is 0 Å². The van der Waals surface area contributed by atoms with Crippen LogP contribution in [0.3, 0.4) is 0 Å². The summed E-state index contributed by atoms with van der Waals surface area (Å²) in [6.45, 7) is 8.48. The van der Waals surface area contributed by atoms with Crippen molar-refractivity contribution in [3.8, 4) is 0 Å². The predicted octanol–water partition coefficient (Wildman–Crippen LogP) is 4.93. The second-order valence-electron chi connectivity index (χ2n) is 11.2. The number of piperidine rings is 1. The third kappa shape index (κ3) is 7.49. The Morgan fingerprint density at radius 2 is 1.97 bits per heavy atom. The molecule has 1 aromatic carbocycles. The van der Waals surface area contributed by atoms with E-state index in [-0.39, 0.29) is 49.8 Å². The van der Waals surface area contributed by atoms with Gasteiger partial charge in [0.05, 0.1) is 19.6 Å². The summed E-state index contributed by atoms with van der Waals surface area (Å²) in [7, 11) is 1.53. The Bertz CT molecular complexity index is 835. The third-order valence-corrected chi connectivity index (χ3v) is 8.20. The summed E-state index contributed by atoms with van der Waals surface area (Å²) in [6.07, 6.45) is 3.85. The van der Waals surface area contributed by atoms with E-state index in [4.69, 9.17) is 14.2 Å². The fourth-order valence-electron chi connectivity index (χ4n) is 6.11. The highest BCUT2D eigenvalue weighted by Crippen LogP contribution is 2.39. The van der Waals surface area contributed by atoms with E-state index >= 15 is 0 Å². The Labute approximate surface area is 215 Å². The number of benzene rings is 1. The maximum atomic E-state index is 13.2. The molecular weight excluding hydrogens is 460 g/mol. The largest absolute Gasteiger partial charge is 0.462 e. The van der Waals surface area contributed by atoms with Gasteiger partial charge in [-0.3, -0.25) is 19.8 Å². The van der Waals surface area contributed by atoms with Crippen molar-refractivity contribution in [3.63, 3.8) is 0 Å². The van der Waals surface area contributed by atoms with Gasteiger partial charge in [0, 0.05) is 30.9 Å². The van der Waals surface area contributed by atoms with Crippen LogP contribution in [0.5, 0.6) is 0 Å². The molecule has 0 N–H and O–H groups in total. The molecule has 1 aromatic rings. The van der Waals surface area contributed by atoms with Crippen LogP contribution in [0, 0.1) is 33.8 Å². The first-order valence-electron chi connectivity index (χ1n) is 13.4. The average Bonchev–Trinajstić information content (AvgIpc) is 2.83. The minimum Gasteiger partial charge on any atom is -0.462 e. The molecule has 3 rings (SSSR count). The van der Waals surface area contributed by atoms with Gasteiger partial charge < -0.3 is 14.2 Å². The Kier molecular flexibility index (Phi) is 10.7. The van der Waals surface area contributed by atoms with Gasteiger partial charge in [0.25, 0.3) is 0 Å². The zero-order valence-electron chi connectivity index (χ0n) is 22.4. The molecule has 8 heteroatoms. The van der Waals surface area contributed by atoms with Crippen LogP contribution in [0.15, 0.2) is 30.3 Å².